The number of aromatic nitrogens is 4. The van der Waals surface area contributed by atoms with Gasteiger partial charge in [0.05, 0.1) is 34.3 Å². The van der Waals surface area contributed by atoms with Gasteiger partial charge in [0, 0.05) is 77.0 Å². The summed E-state index contributed by atoms with van der Waals surface area (Å²) in [6, 6.07) is 19.3. The summed E-state index contributed by atoms with van der Waals surface area (Å²) in [5.41, 5.74) is 7.80. The number of amides is 4. The van der Waals surface area contributed by atoms with Gasteiger partial charge in [0.25, 0.3) is 5.91 Å². The van der Waals surface area contributed by atoms with Crippen LogP contribution < -0.4 is 20.7 Å². The molecule has 10 rings (SSSR count). The first-order valence-electron chi connectivity index (χ1n) is 24.8. The van der Waals surface area contributed by atoms with Gasteiger partial charge in [-0.1, -0.05) is 68.8 Å². The van der Waals surface area contributed by atoms with Gasteiger partial charge in [-0.2, -0.15) is 0 Å². The highest BCUT2D eigenvalue weighted by molar-refractivity contribution is 7.15. The van der Waals surface area contributed by atoms with Crippen molar-refractivity contribution in [2.45, 2.75) is 117 Å². The Morgan fingerprint density at radius 1 is 0.933 bits per heavy atom. The number of aliphatic hydroxyl groups excluding tert-OH is 1. The number of fused-ring (bicyclic) bond motifs is 4. The highest BCUT2D eigenvalue weighted by Crippen LogP contribution is 2.40. The van der Waals surface area contributed by atoms with Crippen LogP contribution in [-0.4, -0.2) is 103 Å². The Morgan fingerprint density at radius 2 is 1.67 bits per heavy atom. The van der Waals surface area contributed by atoms with Crippen molar-refractivity contribution in [3.8, 4) is 21.2 Å². The van der Waals surface area contributed by atoms with Gasteiger partial charge in [0.15, 0.2) is 17.8 Å². The molecular weight excluding hydrogens is 1010 g/mol. The molecule has 0 bridgehead atoms. The molecule has 1 saturated heterocycles. The van der Waals surface area contributed by atoms with Crippen LogP contribution in [0.4, 0.5) is 0 Å². The SMILES string of the molecule is COC(NC(=O)[C@@H]1C[C@@H](O)CN1C(=O)[C@@H](NC(=O)c1cc2ccc(OC3CC(NC(=O)C[C@@H]4N=C(c5ccc(Cl)cc5)c5c(sc(C)c5C)-n5c(C)nnc54)C3)cc2o1)C(C)(C)C)c1ccc(-c2scnc2C)cc1. The summed E-state index contributed by atoms with van der Waals surface area (Å²) < 4.78 is 20.1. The summed E-state index contributed by atoms with van der Waals surface area (Å²) in [6.07, 6.45) is -0.713. The zero-order valence-electron chi connectivity index (χ0n) is 42.8. The first-order chi connectivity index (χ1) is 35.8. The van der Waals surface area contributed by atoms with Crippen molar-refractivity contribution in [3.63, 3.8) is 0 Å². The van der Waals surface area contributed by atoms with E-state index >= 15 is 0 Å². The summed E-state index contributed by atoms with van der Waals surface area (Å²) in [4.78, 5) is 69.1. The van der Waals surface area contributed by atoms with Crippen molar-refractivity contribution < 1.29 is 38.2 Å². The standard InChI is InChI=1S/C55H58ClN9O8S2/c1-27-29(3)75-54-45(27)46(31-13-16-35(56)17-14-31)59-40(49-63-62-30(4)65(49)54)24-44(67)58-36-20-39(21-36)72-38-18-15-34-19-43(73-42(34)23-38)51(69)60-48(55(5,6)7)53(70)64-25-37(66)22-41(64)50(68)61-52(71-8)33-11-9-32(10-12-33)47-28(2)57-26-74-47/h9-19,23,26,36-37,39-41,48,52,66H,20-22,24-25H2,1-8H3,(H,58,67)(H,60,69)(H,61,68)/t36?,37-,39?,40+,41+,48-,52?/m1/s1. The molecule has 3 aromatic carbocycles. The largest absolute Gasteiger partial charge is 0.490 e. The molecule has 20 heteroatoms. The van der Waals surface area contributed by atoms with Crippen molar-refractivity contribution in [1.29, 1.82) is 0 Å². The monoisotopic (exact) mass is 1070 g/mol. The molecule has 4 amide bonds. The van der Waals surface area contributed by atoms with Gasteiger partial charge in [-0.05, 0) is 74.6 Å². The number of furan rings is 1. The molecule has 0 spiro atoms. The van der Waals surface area contributed by atoms with Crippen molar-refractivity contribution in [3.05, 3.63) is 134 Å². The molecule has 1 unspecified atom stereocenters. The van der Waals surface area contributed by atoms with E-state index in [9.17, 15) is 24.3 Å². The molecule has 6 heterocycles. The number of aliphatic hydroxyl groups is 1. The number of carbonyl (C=O) groups is 4. The number of aryl methyl sites for hydroxylation is 3. The predicted octanol–water partition coefficient (Wildman–Crippen LogP) is 8.66. The Kier molecular flexibility index (Phi) is 14.3. The minimum atomic E-state index is -1.09. The Hall–Kier alpha value is -6.77. The van der Waals surface area contributed by atoms with E-state index in [0.717, 1.165) is 48.4 Å². The number of hydrogen-bond donors (Lipinski definition) is 4. The van der Waals surface area contributed by atoms with E-state index in [-0.39, 0.29) is 43.2 Å². The van der Waals surface area contributed by atoms with Gasteiger partial charge >= 0.3 is 0 Å². The Bertz CT molecular complexity index is 3350. The molecule has 4 aromatic heterocycles. The quantitative estimate of drug-likeness (QED) is 0.0756. The van der Waals surface area contributed by atoms with Gasteiger partial charge < -0.3 is 39.8 Å². The van der Waals surface area contributed by atoms with Crippen LogP contribution in [0.5, 0.6) is 5.75 Å². The highest BCUT2D eigenvalue weighted by Gasteiger charge is 2.45. The van der Waals surface area contributed by atoms with Crippen molar-refractivity contribution >= 4 is 74.6 Å². The number of thiophene rings is 1. The van der Waals surface area contributed by atoms with Gasteiger partial charge in [-0.25, -0.2) is 4.98 Å². The zero-order chi connectivity index (χ0) is 53.0. The smallest absolute Gasteiger partial charge is 0.287 e. The number of carbonyl (C=O) groups excluding carboxylic acids is 4. The lowest BCUT2D eigenvalue weighted by Crippen LogP contribution is -2.58. The van der Waals surface area contributed by atoms with Crippen molar-refractivity contribution in [1.82, 2.24) is 40.6 Å². The first-order valence-corrected chi connectivity index (χ1v) is 26.9. The second kappa shape index (κ2) is 20.7. The number of nitrogens with zero attached hydrogens (tertiary/aromatic N) is 6. The summed E-state index contributed by atoms with van der Waals surface area (Å²) in [7, 11) is 1.48. The first kappa shape index (κ1) is 51.7. The molecule has 3 aliphatic rings. The van der Waals surface area contributed by atoms with E-state index in [4.69, 9.17) is 30.5 Å². The number of likely N-dealkylation sites (tertiary alicyclic amines) is 1. The van der Waals surface area contributed by atoms with Crippen LogP contribution in [0.1, 0.15) is 114 Å². The number of methoxy groups -OCH3 is 1. The third-order valence-electron chi connectivity index (χ3n) is 14.2. The molecule has 7 aromatic rings. The number of benzene rings is 3. The maximum Gasteiger partial charge on any atom is 0.287 e. The van der Waals surface area contributed by atoms with E-state index in [1.54, 1.807) is 52.4 Å². The Morgan fingerprint density at radius 3 is 2.36 bits per heavy atom. The van der Waals surface area contributed by atoms with Gasteiger partial charge in [-0.3, -0.25) is 28.7 Å². The molecule has 4 N–H and O–H groups in total. The van der Waals surface area contributed by atoms with Gasteiger partial charge in [-0.15, -0.1) is 32.9 Å². The fourth-order valence-corrected chi connectivity index (χ4v) is 12.1. The topological polar surface area (TPSA) is 215 Å². The normalized spacial score (nSPS) is 20.1. The van der Waals surface area contributed by atoms with Crippen LogP contribution in [0.15, 0.2) is 87.7 Å². The summed E-state index contributed by atoms with van der Waals surface area (Å²) >= 11 is 9.48. The van der Waals surface area contributed by atoms with E-state index in [1.807, 2.05) is 87.7 Å². The number of rotatable bonds is 14. The molecule has 17 nitrogen and oxygen atoms in total. The summed E-state index contributed by atoms with van der Waals surface area (Å²) in [5.74, 6) is 0.0443. The average Bonchev–Trinajstić information content (AvgIpc) is 4.22. The highest BCUT2D eigenvalue weighted by atomic mass is 35.5. The minimum Gasteiger partial charge on any atom is -0.490 e. The number of thiazole rings is 1. The maximum absolute atomic E-state index is 14.4. The predicted molar refractivity (Wildman–Crippen MR) is 287 cm³/mol. The van der Waals surface area contributed by atoms with Gasteiger partial charge in [0.2, 0.25) is 17.7 Å². The average molecular weight is 1070 g/mol. The lowest BCUT2D eigenvalue weighted by atomic mass is 9.85. The van der Waals surface area contributed by atoms with Crippen LogP contribution in [0, 0.1) is 33.1 Å². The van der Waals surface area contributed by atoms with E-state index in [2.05, 4.69) is 45.0 Å². The third kappa shape index (κ3) is 10.5. The van der Waals surface area contributed by atoms with Crippen LogP contribution >= 0.6 is 34.3 Å². The van der Waals surface area contributed by atoms with Crippen LogP contribution in [0.2, 0.25) is 5.02 Å². The van der Waals surface area contributed by atoms with Gasteiger partial charge in [0.1, 0.15) is 46.4 Å². The molecule has 0 radical (unpaired) electrons. The molecule has 2 fully saturated rings. The molecule has 390 valence electrons. The van der Waals surface area contributed by atoms with Crippen molar-refractivity contribution in [2.75, 3.05) is 13.7 Å². The van der Waals surface area contributed by atoms with E-state index in [1.165, 1.54) is 12.0 Å². The number of aliphatic imine (C=N–C) groups is 1. The Labute approximate surface area is 446 Å². The fraction of sp³-hybridized carbons (Fsp3) is 0.382. The number of nitrogens with one attached hydrogen (secondary N) is 3. The summed E-state index contributed by atoms with van der Waals surface area (Å²) in [5, 5.41) is 30.9. The molecule has 1 aliphatic carbocycles. The van der Waals surface area contributed by atoms with Crippen molar-refractivity contribution in [2.24, 2.45) is 10.4 Å². The molecule has 1 saturated carbocycles. The second-order valence-corrected chi connectivity index (χ2v) is 23.1. The van der Waals surface area contributed by atoms with Crippen LogP contribution in [0.25, 0.3) is 26.4 Å². The third-order valence-corrected chi connectivity index (χ3v) is 16.6. The second-order valence-electron chi connectivity index (χ2n) is 20.6. The fourth-order valence-electron chi connectivity index (χ4n) is 9.98. The van der Waals surface area contributed by atoms with Crippen LogP contribution in [0.3, 0.4) is 0 Å². The van der Waals surface area contributed by atoms with E-state index < -0.39 is 53.6 Å². The molecule has 5 atom stereocenters. The summed E-state index contributed by atoms with van der Waals surface area (Å²) in [6.45, 7) is 13.4. The Balaban J connectivity index is 0.758. The number of hydrogen-bond acceptors (Lipinski definition) is 14. The number of ether oxygens (including phenoxy) is 2. The maximum atomic E-state index is 14.4. The lowest BCUT2D eigenvalue weighted by molar-refractivity contribution is -0.143. The van der Waals surface area contributed by atoms with E-state index in [0.29, 0.717) is 51.8 Å². The zero-order valence-corrected chi connectivity index (χ0v) is 45.2. The number of β-amino-alcohol motifs (C(OH)–C–C–N with tert-alkyl or cyclic N) is 1. The molecular formula is C55H58ClN9O8S2. The van der Waals surface area contributed by atoms with Crippen LogP contribution in [-0.2, 0) is 19.1 Å². The number of halogens is 1. The molecule has 2 aliphatic heterocycles. The molecule has 75 heavy (non-hydrogen) atoms. The minimum absolute atomic E-state index is 0.0116. The lowest BCUT2D eigenvalue weighted by Gasteiger charge is -2.36.